The zero-order valence-electron chi connectivity index (χ0n) is 16.6. The molecule has 0 spiro atoms. The second-order valence-electron chi connectivity index (χ2n) is 6.87. The fraction of sp³-hybridized carbons (Fsp3) is 0.130. The molecule has 3 aromatic carbocycles. The lowest BCUT2D eigenvalue weighted by Gasteiger charge is -2.12. The first-order valence-electron chi connectivity index (χ1n) is 9.07. The maximum absolute atomic E-state index is 12.5. The van der Waals surface area contributed by atoms with Crippen LogP contribution in [0.4, 0.5) is 11.4 Å². The van der Waals surface area contributed by atoms with Gasteiger partial charge in [0, 0.05) is 32.5 Å². The molecule has 30 heavy (non-hydrogen) atoms. The van der Waals surface area contributed by atoms with E-state index in [1.54, 1.807) is 36.5 Å². The van der Waals surface area contributed by atoms with Crippen LogP contribution in [0, 0.1) is 20.8 Å². The van der Waals surface area contributed by atoms with Crippen molar-refractivity contribution in [3.63, 3.8) is 0 Å². The second-order valence-corrected chi connectivity index (χ2v) is 8.89. The average Bonchev–Trinajstić information content (AvgIpc) is 2.73. The summed E-state index contributed by atoms with van der Waals surface area (Å²) in [4.78, 5) is 17.0. The molecule has 0 heterocycles. The monoisotopic (exact) mass is 548 g/mol. The van der Waals surface area contributed by atoms with Crippen molar-refractivity contribution >= 4 is 67.0 Å². The fourth-order valence-electron chi connectivity index (χ4n) is 2.87. The number of phenolic OH excluding ortho intramolecular Hbond substituents is 1. The number of anilines is 1. The number of carbonyl (C=O) groups is 1. The minimum atomic E-state index is -0.209. The summed E-state index contributed by atoms with van der Waals surface area (Å²) in [6, 6.07) is 12.6. The summed E-state index contributed by atoms with van der Waals surface area (Å²) in [5, 5.41) is 13.9. The molecule has 0 fully saturated rings. The van der Waals surface area contributed by atoms with E-state index in [4.69, 9.17) is 11.6 Å². The fourth-order valence-corrected chi connectivity index (χ4v) is 3.97. The van der Waals surface area contributed by atoms with Crippen molar-refractivity contribution in [2.75, 3.05) is 5.32 Å². The number of hydrogen-bond donors (Lipinski definition) is 2. The van der Waals surface area contributed by atoms with E-state index in [1.165, 1.54) is 0 Å². The number of rotatable bonds is 4. The molecule has 154 valence electrons. The summed E-state index contributed by atoms with van der Waals surface area (Å²) in [6.45, 7) is 5.63. The summed E-state index contributed by atoms with van der Waals surface area (Å²) in [5.41, 5.74) is 4.92. The van der Waals surface area contributed by atoms with E-state index < -0.39 is 0 Å². The molecule has 3 rings (SSSR count). The number of halogens is 3. The Labute approximate surface area is 197 Å². The van der Waals surface area contributed by atoms with E-state index in [1.807, 2.05) is 32.9 Å². The standard InChI is InChI=1S/C23H19Br2ClN2O2/c1-12-7-8-15(9-19(12)24)23(30)28-17-6-4-5-16(10-17)27-11-18-13(2)21(26)14(3)20(25)22(18)29/h4-11,29H,1-3H3,(H,28,30). The number of carbonyl (C=O) groups excluding carboxylic acids is 1. The molecule has 7 heteroatoms. The van der Waals surface area contributed by atoms with Crippen LogP contribution in [0.25, 0.3) is 0 Å². The average molecular weight is 551 g/mol. The van der Waals surface area contributed by atoms with Gasteiger partial charge in [0.1, 0.15) is 5.75 Å². The molecular weight excluding hydrogens is 532 g/mol. The van der Waals surface area contributed by atoms with E-state index in [0.29, 0.717) is 32.0 Å². The van der Waals surface area contributed by atoms with E-state index >= 15 is 0 Å². The third-order valence-electron chi connectivity index (χ3n) is 4.74. The number of phenols is 1. The minimum Gasteiger partial charge on any atom is -0.506 e. The highest BCUT2D eigenvalue weighted by Gasteiger charge is 2.15. The van der Waals surface area contributed by atoms with E-state index in [0.717, 1.165) is 21.2 Å². The van der Waals surface area contributed by atoms with Crippen LogP contribution in [-0.2, 0) is 0 Å². The van der Waals surface area contributed by atoms with Crippen LogP contribution in [0.5, 0.6) is 5.75 Å². The van der Waals surface area contributed by atoms with Gasteiger partial charge < -0.3 is 10.4 Å². The Hall–Kier alpha value is -2.15. The van der Waals surface area contributed by atoms with Crippen LogP contribution in [0.15, 0.2) is 56.4 Å². The van der Waals surface area contributed by atoms with Gasteiger partial charge in [0.2, 0.25) is 0 Å². The molecular formula is C23H19Br2ClN2O2. The molecule has 0 bridgehead atoms. The smallest absolute Gasteiger partial charge is 0.255 e. The lowest BCUT2D eigenvalue weighted by molar-refractivity contribution is 0.102. The van der Waals surface area contributed by atoms with E-state index in [-0.39, 0.29) is 11.7 Å². The molecule has 0 aromatic heterocycles. The van der Waals surface area contributed by atoms with Crippen LogP contribution in [0.1, 0.15) is 32.6 Å². The molecule has 0 unspecified atom stereocenters. The quantitative estimate of drug-likeness (QED) is 0.331. The van der Waals surface area contributed by atoms with Gasteiger partial charge in [-0.25, -0.2) is 0 Å². The molecule has 0 aliphatic rings. The summed E-state index contributed by atoms with van der Waals surface area (Å²) >= 11 is 13.2. The van der Waals surface area contributed by atoms with Crippen molar-refractivity contribution in [2.45, 2.75) is 20.8 Å². The highest BCUT2D eigenvalue weighted by molar-refractivity contribution is 9.11. The van der Waals surface area contributed by atoms with Crippen LogP contribution in [0.2, 0.25) is 5.02 Å². The molecule has 0 radical (unpaired) electrons. The van der Waals surface area contributed by atoms with Crippen LogP contribution in [-0.4, -0.2) is 17.2 Å². The lowest BCUT2D eigenvalue weighted by atomic mass is 10.0. The summed E-state index contributed by atoms with van der Waals surface area (Å²) in [6.07, 6.45) is 1.57. The predicted molar refractivity (Wildman–Crippen MR) is 131 cm³/mol. The summed E-state index contributed by atoms with van der Waals surface area (Å²) in [7, 11) is 0. The summed E-state index contributed by atoms with van der Waals surface area (Å²) in [5.74, 6) is -0.118. The van der Waals surface area contributed by atoms with Crippen molar-refractivity contribution in [2.24, 2.45) is 4.99 Å². The van der Waals surface area contributed by atoms with E-state index in [9.17, 15) is 9.90 Å². The van der Waals surface area contributed by atoms with Gasteiger partial charge in [-0.05, 0) is 83.7 Å². The number of amides is 1. The third-order valence-corrected chi connectivity index (χ3v) is 7.13. The molecule has 3 aromatic rings. The molecule has 4 nitrogen and oxygen atoms in total. The minimum absolute atomic E-state index is 0.0903. The van der Waals surface area contributed by atoms with Crippen molar-refractivity contribution < 1.29 is 9.90 Å². The maximum atomic E-state index is 12.5. The summed E-state index contributed by atoms with van der Waals surface area (Å²) < 4.78 is 1.43. The van der Waals surface area contributed by atoms with Crippen molar-refractivity contribution in [1.29, 1.82) is 0 Å². The van der Waals surface area contributed by atoms with Crippen LogP contribution < -0.4 is 5.32 Å². The third kappa shape index (κ3) is 4.77. The Morgan fingerprint density at radius 1 is 1.10 bits per heavy atom. The zero-order valence-corrected chi connectivity index (χ0v) is 20.5. The van der Waals surface area contributed by atoms with Gasteiger partial charge in [-0.1, -0.05) is 39.7 Å². The van der Waals surface area contributed by atoms with Gasteiger partial charge in [0.05, 0.1) is 10.2 Å². The first-order chi connectivity index (χ1) is 14.2. The van der Waals surface area contributed by atoms with Gasteiger partial charge in [0.25, 0.3) is 5.91 Å². The number of benzene rings is 3. The van der Waals surface area contributed by atoms with Gasteiger partial charge in [0.15, 0.2) is 0 Å². The first kappa shape index (κ1) is 22.5. The number of aliphatic imine (C=N–C) groups is 1. The molecule has 1 amide bonds. The van der Waals surface area contributed by atoms with Crippen LogP contribution in [0.3, 0.4) is 0 Å². The topological polar surface area (TPSA) is 61.7 Å². The SMILES string of the molecule is Cc1ccc(C(=O)Nc2cccc(N=Cc3c(C)c(Cl)c(C)c(Br)c3O)c2)cc1Br. The lowest BCUT2D eigenvalue weighted by Crippen LogP contribution is -2.11. The normalized spacial score (nSPS) is 11.1. The molecule has 2 N–H and O–H groups in total. The molecule has 0 saturated heterocycles. The molecule has 0 aliphatic carbocycles. The Morgan fingerprint density at radius 3 is 2.53 bits per heavy atom. The number of nitrogens with zero attached hydrogens (tertiary/aromatic N) is 1. The van der Waals surface area contributed by atoms with Gasteiger partial charge >= 0.3 is 0 Å². The second kappa shape index (κ2) is 9.33. The van der Waals surface area contributed by atoms with Crippen LogP contribution >= 0.6 is 43.5 Å². The number of nitrogens with one attached hydrogen (secondary N) is 1. The Balaban J connectivity index is 1.84. The highest BCUT2D eigenvalue weighted by Crippen LogP contribution is 2.38. The molecule has 0 atom stereocenters. The zero-order chi connectivity index (χ0) is 22.0. The largest absolute Gasteiger partial charge is 0.506 e. The maximum Gasteiger partial charge on any atom is 0.255 e. The Kier molecular flexibility index (Phi) is 7.01. The van der Waals surface area contributed by atoms with Crippen molar-refractivity contribution in [3.05, 3.63) is 84.2 Å². The Bertz CT molecular complexity index is 1150. The molecule has 0 saturated carbocycles. The van der Waals surface area contributed by atoms with Gasteiger partial charge in [-0.15, -0.1) is 0 Å². The Morgan fingerprint density at radius 2 is 1.83 bits per heavy atom. The van der Waals surface area contributed by atoms with Crippen molar-refractivity contribution in [3.8, 4) is 5.75 Å². The number of aromatic hydroxyl groups is 1. The molecule has 0 aliphatic heterocycles. The highest BCUT2D eigenvalue weighted by atomic mass is 79.9. The van der Waals surface area contributed by atoms with Gasteiger partial charge in [-0.2, -0.15) is 0 Å². The van der Waals surface area contributed by atoms with E-state index in [2.05, 4.69) is 42.2 Å². The first-order valence-corrected chi connectivity index (χ1v) is 11.0. The van der Waals surface area contributed by atoms with Crippen molar-refractivity contribution in [1.82, 2.24) is 0 Å². The number of hydrogen-bond acceptors (Lipinski definition) is 3. The number of aryl methyl sites for hydroxylation is 1. The predicted octanol–water partition coefficient (Wildman–Crippen LogP) is 7.50. The van der Waals surface area contributed by atoms with Gasteiger partial charge in [-0.3, -0.25) is 9.79 Å².